The Morgan fingerprint density at radius 3 is 2.30 bits per heavy atom. The third kappa shape index (κ3) is 2.97. The highest BCUT2D eigenvalue weighted by atomic mass is 32.1. The van der Waals surface area contributed by atoms with Gasteiger partial charge in [0.2, 0.25) is 0 Å². The number of carboxylic acids is 2. The number of benzene rings is 1. The van der Waals surface area contributed by atoms with Gasteiger partial charge in [0.1, 0.15) is 17.0 Å². The second-order valence-electron chi connectivity index (χ2n) is 4.83. The Morgan fingerprint density at radius 1 is 1.04 bits per heavy atom. The van der Waals surface area contributed by atoms with Crippen LogP contribution in [0.4, 0.5) is 11.5 Å². The van der Waals surface area contributed by atoms with Crippen LogP contribution in [-0.4, -0.2) is 32.1 Å². The van der Waals surface area contributed by atoms with Crippen LogP contribution in [0.25, 0.3) is 10.2 Å². The molecule has 0 aliphatic rings. The molecule has 0 amide bonds. The molecule has 8 heteroatoms. The number of carbonyl (C=O) groups is 2. The van der Waals surface area contributed by atoms with Gasteiger partial charge in [-0.25, -0.2) is 19.6 Å². The molecular formula is C15H11N3O4S. The topological polar surface area (TPSA) is 112 Å². The highest BCUT2D eigenvalue weighted by Crippen LogP contribution is 2.29. The largest absolute Gasteiger partial charge is 0.478 e. The molecular weight excluding hydrogens is 318 g/mol. The molecule has 2 aromatic heterocycles. The van der Waals surface area contributed by atoms with E-state index in [0.29, 0.717) is 11.5 Å². The molecule has 0 spiro atoms. The minimum absolute atomic E-state index is 0.112. The Morgan fingerprint density at radius 2 is 1.70 bits per heavy atom. The number of aromatic nitrogens is 2. The van der Waals surface area contributed by atoms with E-state index in [1.807, 2.05) is 13.0 Å². The maximum Gasteiger partial charge on any atom is 0.335 e. The predicted octanol–water partition coefficient (Wildman–Crippen LogP) is 3.14. The molecule has 23 heavy (non-hydrogen) atoms. The van der Waals surface area contributed by atoms with Gasteiger partial charge in [-0.05, 0) is 31.2 Å². The van der Waals surface area contributed by atoms with E-state index in [2.05, 4.69) is 15.3 Å². The van der Waals surface area contributed by atoms with Crippen LogP contribution >= 0.6 is 11.3 Å². The van der Waals surface area contributed by atoms with Crippen molar-refractivity contribution in [1.29, 1.82) is 0 Å². The molecule has 3 rings (SSSR count). The number of nitrogens with one attached hydrogen (secondary N) is 1. The quantitative estimate of drug-likeness (QED) is 0.674. The van der Waals surface area contributed by atoms with Crippen molar-refractivity contribution in [2.45, 2.75) is 6.92 Å². The smallest absolute Gasteiger partial charge is 0.335 e. The summed E-state index contributed by atoms with van der Waals surface area (Å²) < 4.78 is 0. The van der Waals surface area contributed by atoms with Crippen LogP contribution in [0.2, 0.25) is 0 Å². The van der Waals surface area contributed by atoms with Crippen LogP contribution in [0.3, 0.4) is 0 Å². The highest BCUT2D eigenvalue weighted by Gasteiger charge is 2.13. The molecule has 0 saturated carbocycles. The van der Waals surface area contributed by atoms with Crippen LogP contribution in [0.15, 0.2) is 30.6 Å². The van der Waals surface area contributed by atoms with Gasteiger partial charge in [0, 0.05) is 10.6 Å². The Labute approximate surface area is 134 Å². The molecule has 1 aromatic carbocycles. The Kier molecular flexibility index (Phi) is 3.67. The summed E-state index contributed by atoms with van der Waals surface area (Å²) in [7, 11) is 0. The molecule has 3 aromatic rings. The average Bonchev–Trinajstić information content (AvgIpc) is 2.88. The normalized spacial score (nSPS) is 10.7. The summed E-state index contributed by atoms with van der Waals surface area (Å²) >= 11 is 1.51. The number of nitrogens with zero attached hydrogens (tertiary/aromatic N) is 2. The maximum atomic E-state index is 11.2. The summed E-state index contributed by atoms with van der Waals surface area (Å²) in [6, 6.07) is 5.76. The lowest BCUT2D eigenvalue weighted by Crippen LogP contribution is -2.04. The predicted molar refractivity (Wildman–Crippen MR) is 85.8 cm³/mol. The van der Waals surface area contributed by atoms with E-state index in [1.165, 1.54) is 29.8 Å². The first kappa shape index (κ1) is 14.9. The molecule has 0 radical (unpaired) electrons. The number of fused-ring (bicyclic) bond motifs is 1. The minimum Gasteiger partial charge on any atom is -0.478 e. The molecule has 2 heterocycles. The van der Waals surface area contributed by atoms with Gasteiger partial charge in [-0.15, -0.1) is 11.3 Å². The van der Waals surface area contributed by atoms with Crippen molar-refractivity contribution < 1.29 is 19.8 Å². The number of thiophene rings is 1. The Balaban J connectivity index is 2.07. The summed E-state index contributed by atoms with van der Waals surface area (Å²) in [6.07, 6.45) is 1.40. The average molecular weight is 329 g/mol. The lowest BCUT2D eigenvalue weighted by atomic mass is 10.1. The fraction of sp³-hybridized carbons (Fsp3) is 0.0667. The van der Waals surface area contributed by atoms with Crippen LogP contribution in [0.5, 0.6) is 0 Å². The number of anilines is 2. The summed E-state index contributed by atoms with van der Waals surface area (Å²) in [6.45, 7) is 1.95. The number of aryl methyl sites for hydroxylation is 1. The zero-order valence-corrected chi connectivity index (χ0v) is 12.7. The fourth-order valence-electron chi connectivity index (χ4n) is 2.16. The maximum absolute atomic E-state index is 11.2. The van der Waals surface area contributed by atoms with Crippen molar-refractivity contribution in [3.63, 3.8) is 0 Å². The first-order chi connectivity index (χ1) is 10.9. The van der Waals surface area contributed by atoms with Gasteiger partial charge in [-0.3, -0.25) is 0 Å². The van der Waals surface area contributed by atoms with E-state index in [1.54, 1.807) is 0 Å². The zero-order chi connectivity index (χ0) is 16.6. The minimum atomic E-state index is -1.20. The van der Waals surface area contributed by atoms with Crippen molar-refractivity contribution >= 4 is 45.0 Å². The fourth-order valence-corrected chi connectivity index (χ4v) is 3.01. The van der Waals surface area contributed by atoms with E-state index in [9.17, 15) is 9.59 Å². The SMILES string of the molecule is Cc1cc2c(Nc3cc(C(=O)O)cc(C(=O)O)c3)ncnc2s1. The highest BCUT2D eigenvalue weighted by molar-refractivity contribution is 7.18. The van der Waals surface area contributed by atoms with E-state index < -0.39 is 11.9 Å². The van der Waals surface area contributed by atoms with Crippen molar-refractivity contribution in [2.75, 3.05) is 5.32 Å². The van der Waals surface area contributed by atoms with Gasteiger partial charge in [0.25, 0.3) is 0 Å². The summed E-state index contributed by atoms with van der Waals surface area (Å²) in [4.78, 5) is 32.5. The van der Waals surface area contributed by atoms with Gasteiger partial charge in [0.15, 0.2) is 0 Å². The third-order valence-electron chi connectivity index (χ3n) is 3.14. The first-order valence-corrected chi connectivity index (χ1v) is 7.35. The monoisotopic (exact) mass is 329 g/mol. The van der Waals surface area contributed by atoms with E-state index in [-0.39, 0.29) is 11.1 Å². The van der Waals surface area contributed by atoms with E-state index in [0.717, 1.165) is 21.2 Å². The van der Waals surface area contributed by atoms with Crippen molar-refractivity contribution in [1.82, 2.24) is 9.97 Å². The van der Waals surface area contributed by atoms with Gasteiger partial charge in [-0.1, -0.05) is 0 Å². The zero-order valence-electron chi connectivity index (χ0n) is 11.9. The molecule has 0 unspecified atom stereocenters. The van der Waals surface area contributed by atoms with Gasteiger partial charge < -0.3 is 15.5 Å². The second-order valence-corrected chi connectivity index (χ2v) is 6.07. The molecule has 0 atom stereocenters. The summed E-state index contributed by atoms with van der Waals surface area (Å²) in [5, 5.41) is 22.0. The van der Waals surface area contributed by atoms with Crippen LogP contribution in [0, 0.1) is 6.92 Å². The van der Waals surface area contributed by atoms with Crippen LogP contribution in [-0.2, 0) is 0 Å². The van der Waals surface area contributed by atoms with E-state index >= 15 is 0 Å². The molecule has 116 valence electrons. The number of hydrogen-bond acceptors (Lipinski definition) is 6. The van der Waals surface area contributed by atoms with Crippen molar-refractivity contribution in [3.05, 3.63) is 46.6 Å². The summed E-state index contributed by atoms with van der Waals surface area (Å²) in [5.41, 5.74) is 0.115. The standard InChI is InChI=1S/C15H11N3O4S/c1-7-2-11-12(16-6-17-13(11)23-7)18-10-4-8(14(19)20)3-9(5-10)15(21)22/h2-6H,1H3,(H,19,20)(H,21,22)(H,16,17,18). The molecule has 0 bridgehead atoms. The number of carboxylic acid groups (broad SMARTS) is 2. The van der Waals surface area contributed by atoms with Crippen molar-refractivity contribution in [2.24, 2.45) is 0 Å². The van der Waals surface area contributed by atoms with Gasteiger partial charge >= 0.3 is 11.9 Å². The summed E-state index contributed by atoms with van der Waals surface area (Å²) in [5.74, 6) is -1.90. The van der Waals surface area contributed by atoms with Gasteiger partial charge in [0.05, 0.1) is 16.5 Å². The first-order valence-electron chi connectivity index (χ1n) is 6.54. The molecule has 0 saturated heterocycles. The van der Waals surface area contributed by atoms with Gasteiger partial charge in [-0.2, -0.15) is 0 Å². The molecule has 7 nitrogen and oxygen atoms in total. The third-order valence-corrected chi connectivity index (χ3v) is 4.10. The van der Waals surface area contributed by atoms with Crippen molar-refractivity contribution in [3.8, 4) is 0 Å². The lowest BCUT2D eigenvalue weighted by molar-refractivity contribution is 0.0696. The Bertz CT molecular complexity index is 903. The second kappa shape index (κ2) is 5.65. The van der Waals surface area contributed by atoms with Crippen LogP contribution in [0.1, 0.15) is 25.6 Å². The number of aromatic carboxylic acids is 2. The van der Waals surface area contributed by atoms with Crippen LogP contribution < -0.4 is 5.32 Å². The Hall–Kier alpha value is -3.00. The molecule has 0 fully saturated rings. The van der Waals surface area contributed by atoms with E-state index in [4.69, 9.17) is 10.2 Å². The molecule has 0 aliphatic carbocycles. The molecule has 3 N–H and O–H groups in total. The number of hydrogen-bond donors (Lipinski definition) is 3. The molecule has 0 aliphatic heterocycles. The number of rotatable bonds is 4. The lowest BCUT2D eigenvalue weighted by Gasteiger charge is -2.08.